The molecule has 1 saturated heterocycles. The van der Waals surface area contributed by atoms with Gasteiger partial charge in [0.1, 0.15) is 5.82 Å². The van der Waals surface area contributed by atoms with Crippen LogP contribution in [0.2, 0.25) is 0 Å². The van der Waals surface area contributed by atoms with Crippen LogP contribution in [0, 0.1) is 5.82 Å². The Bertz CT molecular complexity index is 646. The SMILES string of the molecule is O=C(Cc1ccc(F)cc1)Nc1ccc(N2CCCCC2)cc1. The van der Waals surface area contributed by atoms with Crippen LogP contribution in [-0.4, -0.2) is 19.0 Å². The Morgan fingerprint density at radius 2 is 1.61 bits per heavy atom. The first-order valence-corrected chi connectivity index (χ1v) is 8.10. The van der Waals surface area contributed by atoms with Crippen LogP contribution in [0.1, 0.15) is 24.8 Å². The van der Waals surface area contributed by atoms with E-state index in [1.54, 1.807) is 12.1 Å². The van der Waals surface area contributed by atoms with E-state index in [4.69, 9.17) is 0 Å². The monoisotopic (exact) mass is 312 g/mol. The van der Waals surface area contributed by atoms with Crippen LogP contribution in [0.15, 0.2) is 48.5 Å². The van der Waals surface area contributed by atoms with Crippen molar-refractivity contribution in [2.24, 2.45) is 0 Å². The van der Waals surface area contributed by atoms with Crippen LogP contribution in [0.25, 0.3) is 0 Å². The number of hydrogen-bond donors (Lipinski definition) is 1. The second-order valence-corrected chi connectivity index (χ2v) is 5.95. The van der Waals surface area contributed by atoms with Crippen molar-refractivity contribution in [3.63, 3.8) is 0 Å². The van der Waals surface area contributed by atoms with Crippen LogP contribution in [0.4, 0.5) is 15.8 Å². The molecule has 3 nitrogen and oxygen atoms in total. The van der Waals surface area contributed by atoms with Gasteiger partial charge in [-0.05, 0) is 61.2 Å². The van der Waals surface area contributed by atoms with Crippen molar-refractivity contribution < 1.29 is 9.18 Å². The van der Waals surface area contributed by atoms with Crippen LogP contribution < -0.4 is 10.2 Å². The molecule has 4 heteroatoms. The third-order valence-corrected chi connectivity index (χ3v) is 4.15. The molecule has 1 N–H and O–H groups in total. The summed E-state index contributed by atoms with van der Waals surface area (Å²) in [5.74, 6) is -0.384. The third kappa shape index (κ3) is 4.31. The Kier molecular flexibility index (Phi) is 4.91. The largest absolute Gasteiger partial charge is 0.372 e. The van der Waals surface area contributed by atoms with Crippen LogP contribution in [0.5, 0.6) is 0 Å². The van der Waals surface area contributed by atoms with Gasteiger partial charge in [0.2, 0.25) is 5.91 Å². The van der Waals surface area contributed by atoms with E-state index >= 15 is 0 Å². The van der Waals surface area contributed by atoms with Crippen molar-refractivity contribution in [3.8, 4) is 0 Å². The molecule has 2 aromatic carbocycles. The van der Waals surface area contributed by atoms with E-state index < -0.39 is 0 Å². The lowest BCUT2D eigenvalue weighted by molar-refractivity contribution is -0.115. The highest BCUT2D eigenvalue weighted by atomic mass is 19.1. The van der Waals surface area contributed by atoms with Crippen molar-refractivity contribution in [3.05, 3.63) is 59.9 Å². The fourth-order valence-corrected chi connectivity index (χ4v) is 2.90. The molecule has 0 aromatic heterocycles. The summed E-state index contributed by atoms with van der Waals surface area (Å²) in [4.78, 5) is 14.4. The average Bonchev–Trinajstić information content (AvgIpc) is 2.58. The molecule has 2 aromatic rings. The van der Waals surface area contributed by atoms with Gasteiger partial charge in [-0.25, -0.2) is 4.39 Å². The predicted molar refractivity (Wildman–Crippen MR) is 91.2 cm³/mol. The van der Waals surface area contributed by atoms with Crippen LogP contribution in [0.3, 0.4) is 0 Å². The maximum atomic E-state index is 12.9. The van der Waals surface area contributed by atoms with Crippen molar-refractivity contribution >= 4 is 17.3 Å². The van der Waals surface area contributed by atoms with Gasteiger partial charge in [0.15, 0.2) is 0 Å². The third-order valence-electron chi connectivity index (χ3n) is 4.15. The van der Waals surface area contributed by atoms with Gasteiger partial charge < -0.3 is 10.2 Å². The maximum absolute atomic E-state index is 12.9. The van der Waals surface area contributed by atoms with E-state index in [0.29, 0.717) is 0 Å². The summed E-state index contributed by atoms with van der Waals surface area (Å²) in [5.41, 5.74) is 2.80. The summed E-state index contributed by atoms with van der Waals surface area (Å²) in [6, 6.07) is 14.0. The molecule has 23 heavy (non-hydrogen) atoms. The van der Waals surface area contributed by atoms with E-state index in [-0.39, 0.29) is 18.1 Å². The zero-order chi connectivity index (χ0) is 16.1. The molecule has 0 spiro atoms. The quantitative estimate of drug-likeness (QED) is 0.925. The Morgan fingerprint density at radius 1 is 0.957 bits per heavy atom. The number of rotatable bonds is 4. The second kappa shape index (κ2) is 7.27. The number of nitrogens with one attached hydrogen (secondary N) is 1. The smallest absolute Gasteiger partial charge is 0.228 e. The average molecular weight is 312 g/mol. The molecule has 120 valence electrons. The van der Waals surface area contributed by atoms with Gasteiger partial charge in [-0.15, -0.1) is 0 Å². The molecule has 0 unspecified atom stereocenters. The molecule has 1 heterocycles. The van der Waals surface area contributed by atoms with E-state index in [2.05, 4.69) is 22.3 Å². The van der Waals surface area contributed by atoms with Crippen LogP contribution >= 0.6 is 0 Å². The molecular weight excluding hydrogens is 291 g/mol. The minimum Gasteiger partial charge on any atom is -0.372 e. The minimum atomic E-state index is -0.289. The number of anilines is 2. The highest BCUT2D eigenvalue weighted by molar-refractivity contribution is 5.92. The molecule has 0 radical (unpaired) electrons. The number of carbonyl (C=O) groups is 1. The van der Waals surface area contributed by atoms with Crippen molar-refractivity contribution in [1.82, 2.24) is 0 Å². The first-order chi connectivity index (χ1) is 11.2. The normalized spacial score (nSPS) is 14.6. The number of benzene rings is 2. The molecular formula is C19H21FN2O. The topological polar surface area (TPSA) is 32.3 Å². The van der Waals surface area contributed by atoms with E-state index in [9.17, 15) is 9.18 Å². The van der Waals surface area contributed by atoms with Gasteiger partial charge >= 0.3 is 0 Å². The zero-order valence-electron chi connectivity index (χ0n) is 13.1. The van der Waals surface area contributed by atoms with Crippen molar-refractivity contribution in [2.75, 3.05) is 23.3 Å². The highest BCUT2D eigenvalue weighted by Crippen LogP contribution is 2.21. The summed E-state index contributed by atoms with van der Waals surface area (Å²) in [5, 5.41) is 2.88. The van der Waals surface area contributed by atoms with Gasteiger partial charge in [-0.1, -0.05) is 12.1 Å². The Hall–Kier alpha value is -2.36. The molecule has 0 atom stereocenters. The summed E-state index contributed by atoms with van der Waals surface area (Å²) in [7, 11) is 0. The summed E-state index contributed by atoms with van der Waals surface area (Å²) < 4.78 is 12.9. The fourth-order valence-electron chi connectivity index (χ4n) is 2.90. The number of amides is 1. The van der Waals surface area contributed by atoms with Gasteiger partial charge in [-0.2, -0.15) is 0 Å². The number of nitrogens with zero attached hydrogens (tertiary/aromatic N) is 1. The molecule has 3 rings (SSSR count). The summed E-state index contributed by atoms with van der Waals surface area (Å²) in [6.45, 7) is 2.21. The van der Waals surface area contributed by atoms with Gasteiger partial charge in [0.25, 0.3) is 0 Å². The molecule has 0 saturated carbocycles. The van der Waals surface area contributed by atoms with Gasteiger partial charge in [0, 0.05) is 24.5 Å². The van der Waals surface area contributed by atoms with Crippen molar-refractivity contribution in [1.29, 1.82) is 0 Å². The number of piperidine rings is 1. The van der Waals surface area contributed by atoms with E-state index in [1.165, 1.54) is 37.1 Å². The number of halogens is 1. The lowest BCUT2D eigenvalue weighted by Crippen LogP contribution is -2.29. The van der Waals surface area contributed by atoms with Crippen LogP contribution in [-0.2, 0) is 11.2 Å². The second-order valence-electron chi connectivity index (χ2n) is 5.95. The Balaban J connectivity index is 1.57. The zero-order valence-corrected chi connectivity index (χ0v) is 13.1. The number of carbonyl (C=O) groups excluding carboxylic acids is 1. The summed E-state index contributed by atoms with van der Waals surface area (Å²) in [6.07, 6.45) is 4.05. The minimum absolute atomic E-state index is 0.0951. The van der Waals surface area contributed by atoms with Gasteiger partial charge in [-0.3, -0.25) is 4.79 Å². The first kappa shape index (κ1) is 15.5. The maximum Gasteiger partial charge on any atom is 0.228 e. The number of hydrogen-bond acceptors (Lipinski definition) is 2. The van der Waals surface area contributed by atoms with E-state index in [0.717, 1.165) is 24.3 Å². The Labute approximate surface area is 136 Å². The van der Waals surface area contributed by atoms with E-state index in [1.807, 2.05) is 12.1 Å². The fraction of sp³-hybridized carbons (Fsp3) is 0.316. The molecule has 1 aliphatic rings. The first-order valence-electron chi connectivity index (χ1n) is 8.10. The molecule has 0 bridgehead atoms. The molecule has 0 aliphatic carbocycles. The summed E-state index contributed by atoms with van der Waals surface area (Å²) >= 11 is 0. The molecule has 1 fully saturated rings. The Morgan fingerprint density at radius 3 is 2.26 bits per heavy atom. The lowest BCUT2D eigenvalue weighted by Gasteiger charge is -2.28. The van der Waals surface area contributed by atoms with Gasteiger partial charge in [0.05, 0.1) is 6.42 Å². The molecule has 1 amide bonds. The standard InChI is InChI=1S/C19H21FN2O/c20-16-6-4-15(5-7-16)14-19(23)21-17-8-10-18(11-9-17)22-12-2-1-3-13-22/h4-11H,1-3,12-14H2,(H,21,23). The highest BCUT2D eigenvalue weighted by Gasteiger charge is 2.11. The molecule has 1 aliphatic heterocycles. The lowest BCUT2D eigenvalue weighted by atomic mass is 10.1. The van der Waals surface area contributed by atoms with Crippen molar-refractivity contribution in [2.45, 2.75) is 25.7 Å². The predicted octanol–water partition coefficient (Wildman–Crippen LogP) is 4.00.